The van der Waals surface area contributed by atoms with Crippen LogP contribution in [-0.2, 0) is 14.8 Å². The number of aryl methyl sites for hydroxylation is 1. The molecule has 25 heavy (non-hydrogen) atoms. The van der Waals surface area contributed by atoms with Crippen molar-refractivity contribution in [2.75, 3.05) is 18.1 Å². The van der Waals surface area contributed by atoms with Crippen LogP contribution in [0.4, 0.5) is 5.13 Å². The largest absolute Gasteiger partial charge is 0.301 e. The lowest BCUT2D eigenvalue weighted by atomic mass is 10.0. The first-order valence-corrected chi connectivity index (χ1v) is 10.9. The lowest BCUT2D eigenvalue weighted by Crippen LogP contribution is -2.49. The maximum Gasteiger partial charge on any atom is 0.244 e. The zero-order valence-electron chi connectivity index (χ0n) is 14.2. The van der Waals surface area contributed by atoms with Gasteiger partial charge in [0.2, 0.25) is 15.9 Å². The van der Waals surface area contributed by atoms with Gasteiger partial charge in [0, 0.05) is 17.5 Å². The van der Waals surface area contributed by atoms with E-state index in [0.29, 0.717) is 18.1 Å². The summed E-state index contributed by atoms with van der Waals surface area (Å²) in [6.07, 6.45) is 3.31. The standard InChI is InChI=1S/C17H21N3O3S2/c1-12-7-3-4-8-13(12)14-11-24-17(18-14)19-16(21)15-9-5-6-10-20(15)25(2,22)23/h3-4,7-8,11,15H,5-6,9-10H2,1-2H3,(H,18,19,21). The van der Waals surface area contributed by atoms with E-state index in [4.69, 9.17) is 0 Å². The summed E-state index contributed by atoms with van der Waals surface area (Å²) in [6, 6.07) is 7.26. The number of carbonyl (C=O) groups is 1. The number of amides is 1. The predicted molar refractivity (Wildman–Crippen MR) is 100 cm³/mol. The molecule has 1 saturated heterocycles. The Bertz CT molecular complexity index is 877. The van der Waals surface area contributed by atoms with E-state index in [-0.39, 0.29) is 5.91 Å². The SMILES string of the molecule is Cc1ccccc1-c1csc(NC(=O)C2CCCCN2S(C)(=O)=O)n1. The van der Waals surface area contributed by atoms with Crippen LogP contribution in [0.2, 0.25) is 0 Å². The Kier molecular flexibility index (Phi) is 5.21. The molecule has 1 aromatic heterocycles. The number of piperidine rings is 1. The summed E-state index contributed by atoms with van der Waals surface area (Å²) in [5.74, 6) is -0.309. The number of thiazole rings is 1. The molecule has 0 bridgehead atoms. The molecule has 1 aromatic carbocycles. The second kappa shape index (κ2) is 7.23. The second-order valence-corrected chi connectivity index (χ2v) is 9.02. The van der Waals surface area contributed by atoms with Gasteiger partial charge in [-0.1, -0.05) is 30.7 Å². The van der Waals surface area contributed by atoms with Crippen LogP contribution in [0.5, 0.6) is 0 Å². The van der Waals surface area contributed by atoms with Gasteiger partial charge in [-0.05, 0) is 25.3 Å². The zero-order chi connectivity index (χ0) is 18.0. The number of rotatable bonds is 4. The van der Waals surface area contributed by atoms with E-state index in [1.54, 1.807) is 0 Å². The Hall–Kier alpha value is -1.77. The Morgan fingerprint density at radius 1 is 1.32 bits per heavy atom. The van der Waals surface area contributed by atoms with E-state index in [1.807, 2.05) is 36.6 Å². The van der Waals surface area contributed by atoms with Crippen molar-refractivity contribution in [3.8, 4) is 11.3 Å². The van der Waals surface area contributed by atoms with E-state index in [0.717, 1.165) is 35.9 Å². The highest BCUT2D eigenvalue weighted by molar-refractivity contribution is 7.88. The van der Waals surface area contributed by atoms with E-state index >= 15 is 0 Å². The molecular weight excluding hydrogens is 358 g/mol. The molecule has 6 nitrogen and oxygen atoms in total. The molecule has 1 N–H and O–H groups in total. The normalized spacial score (nSPS) is 18.9. The van der Waals surface area contributed by atoms with Gasteiger partial charge in [0.15, 0.2) is 5.13 Å². The molecule has 1 aliphatic heterocycles. The summed E-state index contributed by atoms with van der Waals surface area (Å²) < 4.78 is 25.1. The highest BCUT2D eigenvalue weighted by atomic mass is 32.2. The third-order valence-corrected chi connectivity index (χ3v) is 6.38. The van der Waals surface area contributed by atoms with Crippen LogP contribution >= 0.6 is 11.3 Å². The van der Waals surface area contributed by atoms with Gasteiger partial charge in [0.05, 0.1) is 11.9 Å². The first kappa shape index (κ1) is 18.0. The van der Waals surface area contributed by atoms with Gasteiger partial charge in [0.1, 0.15) is 6.04 Å². The summed E-state index contributed by atoms with van der Waals surface area (Å²) in [4.78, 5) is 17.1. The third kappa shape index (κ3) is 4.08. The first-order chi connectivity index (χ1) is 11.9. The smallest absolute Gasteiger partial charge is 0.244 e. The summed E-state index contributed by atoms with van der Waals surface area (Å²) >= 11 is 1.34. The summed E-state index contributed by atoms with van der Waals surface area (Å²) in [7, 11) is -3.40. The van der Waals surface area contributed by atoms with Gasteiger partial charge in [-0.3, -0.25) is 4.79 Å². The van der Waals surface area contributed by atoms with Gasteiger partial charge >= 0.3 is 0 Å². The van der Waals surface area contributed by atoms with E-state index in [2.05, 4.69) is 10.3 Å². The van der Waals surface area contributed by atoms with Crippen molar-refractivity contribution in [3.63, 3.8) is 0 Å². The van der Waals surface area contributed by atoms with Crippen molar-refractivity contribution >= 4 is 32.4 Å². The van der Waals surface area contributed by atoms with Crippen molar-refractivity contribution in [2.24, 2.45) is 0 Å². The number of nitrogens with zero attached hydrogens (tertiary/aromatic N) is 2. The fourth-order valence-electron chi connectivity index (χ4n) is 3.07. The van der Waals surface area contributed by atoms with Gasteiger partial charge in [-0.15, -0.1) is 11.3 Å². The minimum absolute atomic E-state index is 0.309. The van der Waals surface area contributed by atoms with Gasteiger partial charge < -0.3 is 5.32 Å². The number of aromatic nitrogens is 1. The van der Waals surface area contributed by atoms with Crippen molar-refractivity contribution in [3.05, 3.63) is 35.2 Å². The van der Waals surface area contributed by atoms with Crippen LogP contribution in [0.25, 0.3) is 11.3 Å². The molecule has 0 aliphatic carbocycles. The average Bonchev–Trinajstić information content (AvgIpc) is 3.02. The maximum atomic E-state index is 12.6. The quantitative estimate of drug-likeness (QED) is 0.886. The molecule has 1 unspecified atom stereocenters. The minimum atomic E-state index is -3.40. The number of hydrogen-bond donors (Lipinski definition) is 1. The molecule has 1 atom stereocenters. The van der Waals surface area contributed by atoms with E-state index in [9.17, 15) is 13.2 Å². The van der Waals surface area contributed by atoms with Crippen LogP contribution in [0.3, 0.4) is 0 Å². The third-order valence-electron chi connectivity index (χ3n) is 4.34. The van der Waals surface area contributed by atoms with Gasteiger partial charge in [-0.2, -0.15) is 4.31 Å². The van der Waals surface area contributed by atoms with E-state index in [1.165, 1.54) is 15.6 Å². The molecule has 8 heteroatoms. The fraction of sp³-hybridized carbons (Fsp3) is 0.412. The van der Waals surface area contributed by atoms with Crippen LogP contribution in [0.1, 0.15) is 24.8 Å². The molecule has 1 amide bonds. The molecule has 0 radical (unpaired) electrons. The first-order valence-electron chi connectivity index (χ1n) is 8.15. The molecule has 134 valence electrons. The molecule has 1 aliphatic rings. The maximum absolute atomic E-state index is 12.6. The molecule has 2 aromatic rings. The van der Waals surface area contributed by atoms with Crippen LogP contribution < -0.4 is 5.32 Å². The zero-order valence-corrected chi connectivity index (χ0v) is 15.9. The molecule has 2 heterocycles. The second-order valence-electron chi connectivity index (χ2n) is 6.23. The molecular formula is C17H21N3O3S2. The average molecular weight is 380 g/mol. The predicted octanol–water partition coefficient (Wildman–Crippen LogP) is 2.87. The number of carbonyl (C=O) groups excluding carboxylic acids is 1. The van der Waals surface area contributed by atoms with Crippen molar-refractivity contribution in [1.82, 2.24) is 9.29 Å². The summed E-state index contributed by atoms with van der Waals surface area (Å²) in [5, 5.41) is 5.17. The molecule has 0 saturated carbocycles. The lowest BCUT2D eigenvalue weighted by molar-refractivity contribution is -0.120. The minimum Gasteiger partial charge on any atom is -0.301 e. The molecule has 0 spiro atoms. The number of hydrogen-bond acceptors (Lipinski definition) is 5. The highest BCUT2D eigenvalue weighted by Crippen LogP contribution is 2.28. The number of benzene rings is 1. The number of anilines is 1. The Morgan fingerprint density at radius 2 is 2.08 bits per heavy atom. The summed E-state index contributed by atoms with van der Waals surface area (Å²) in [6.45, 7) is 2.40. The van der Waals surface area contributed by atoms with Crippen LogP contribution in [-0.4, -0.2) is 42.5 Å². The Labute approximate surface area is 151 Å². The van der Waals surface area contributed by atoms with Gasteiger partial charge in [0.25, 0.3) is 0 Å². The highest BCUT2D eigenvalue weighted by Gasteiger charge is 2.34. The monoisotopic (exact) mass is 379 g/mol. The van der Waals surface area contributed by atoms with Crippen molar-refractivity contribution in [2.45, 2.75) is 32.2 Å². The van der Waals surface area contributed by atoms with Crippen molar-refractivity contribution < 1.29 is 13.2 Å². The van der Waals surface area contributed by atoms with E-state index < -0.39 is 16.1 Å². The topological polar surface area (TPSA) is 79.4 Å². The molecule has 1 fully saturated rings. The Morgan fingerprint density at radius 3 is 2.80 bits per heavy atom. The lowest BCUT2D eigenvalue weighted by Gasteiger charge is -2.32. The van der Waals surface area contributed by atoms with Gasteiger partial charge in [-0.25, -0.2) is 13.4 Å². The number of sulfonamides is 1. The molecule has 3 rings (SSSR count). The van der Waals surface area contributed by atoms with Crippen LogP contribution in [0.15, 0.2) is 29.6 Å². The number of nitrogens with one attached hydrogen (secondary N) is 1. The fourth-order valence-corrected chi connectivity index (χ4v) is 4.91. The summed E-state index contributed by atoms with van der Waals surface area (Å²) in [5.41, 5.74) is 2.94. The van der Waals surface area contributed by atoms with Crippen LogP contribution in [0, 0.1) is 6.92 Å². The van der Waals surface area contributed by atoms with Crippen molar-refractivity contribution in [1.29, 1.82) is 0 Å². The Balaban J connectivity index is 1.76.